The molecule has 0 aliphatic rings. The monoisotopic (exact) mass is 255 g/mol. The molecule has 0 saturated heterocycles. The standard InChI is InChI=1S/C14H22FNO2/c1-4-14(16,5-2)10-18-9-11-6-7-12(17-3)8-13(11)15/h6-8H,4-5,9-10,16H2,1-3H3. The van der Waals surface area contributed by atoms with Crippen molar-refractivity contribution in [3.8, 4) is 5.75 Å². The van der Waals surface area contributed by atoms with Crippen LogP contribution in [-0.2, 0) is 11.3 Å². The van der Waals surface area contributed by atoms with Gasteiger partial charge in [-0.3, -0.25) is 0 Å². The first kappa shape index (κ1) is 14.9. The van der Waals surface area contributed by atoms with Gasteiger partial charge in [0.05, 0.1) is 20.3 Å². The molecule has 0 radical (unpaired) electrons. The largest absolute Gasteiger partial charge is 0.497 e. The summed E-state index contributed by atoms with van der Waals surface area (Å²) in [5.74, 6) is 0.191. The fourth-order valence-electron chi connectivity index (χ4n) is 1.59. The van der Waals surface area contributed by atoms with Gasteiger partial charge in [0.1, 0.15) is 11.6 Å². The Hall–Kier alpha value is -1.13. The van der Waals surface area contributed by atoms with Crippen LogP contribution < -0.4 is 10.5 Å². The van der Waals surface area contributed by atoms with Gasteiger partial charge in [-0.2, -0.15) is 0 Å². The zero-order valence-electron chi connectivity index (χ0n) is 11.3. The Morgan fingerprint density at radius 2 is 1.94 bits per heavy atom. The predicted octanol–water partition coefficient (Wildman–Crippen LogP) is 2.87. The third-order valence-electron chi connectivity index (χ3n) is 3.32. The van der Waals surface area contributed by atoms with Gasteiger partial charge in [0.15, 0.2) is 0 Å². The Morgan fingerprint density at radius 1 is 1.28 bits per heavy atom. The van der Waals surface area contributed by atoms with Crippen LogP contribution >= 0.6 is 0 Å². The van der Waals surface area contributed by atoms with Crippen molar-refractivity contribution in [2.75, 3.05) is 13.7 Å². The quantitative estimate of drug-likeness (QED) is 0.814. The maximum atomic E-state index is 13.6. The van der Waals surface area contributed by atoms with Crippen LogP contribution in [0.15, 0.2) is 18.2 Å². The maximum Gasteiger partial charge on any atom is 0.132 e. The lowest BCUT2D eigenvalue weighted by Crippen LogP contribution is -2.43. The Balaban J connectivity index is 2.54. The second-order valence-electron chi connectivity index (χ2n) is 4.52. The van der Waals surface area contributed by atoms with Gasteiger partial charge in [-0.25, -0.2) is 4.39 Å². The minimum Gasteiger partial charge on any atom is -0.497 e. The SMILES string of the molecule is CCC(N)(CC)COCc1ccc(OC)cc1F. The summed E-state index contributed by atoms with van der Waals surface area (Å²) in [7, 11) is 1.51. The smallest absolute Gasteiger partial charge is 0.132 e. The van der Waals surface area contributed by atoms with E-state index in [9.17, 15) is 4.39 Å². The third kappa shape index (κ3) is 3.96. The molecule has 0 aliphatic carbocycles. The summed E-state index contributed by atoms with van der Waals surface area (Å²) >= 11 is 0. The van der Waals surface area contributed by atoms with Crippen molar-refractivity contribution in [2.24, 2.45) is 5.73 Å². The van der Waals surface area contributed by atoms with Crippen LogP contribution in [0.2, 0.25) is 0 Å². The molecule has 2 N–H and O–H groups in total. The van der Waals surface area contributed by atoms with Crippen molar-refractivity contribution in [2.45, 2.75) is 38.8 Å². The highest BCUT2D eigenvalue weighted by atomic mass is 19.1. The van der Waals surface area contributed by atoms with E-state index in [-0.39, 0.29) is 18.0 Å². The summed E-state index contributed by atoms with van der Waals surface area (Å²) in [4.78, 5) is 0. The van der Waals surface area contributed by atoms with Crippen molar-refractivity contribution in [1.82, 2.24) is 0 Å². The number of hydrogen-bond donors (Lipinski definition) is 1. The number of benzene rings is 1. The first-order chi connectivity index (χ1) is 8.54. The van der Waals surface area contributed by atoms with Crippen LogP contribution in [-0.4, -0.2) is 19.3 Å². The fourth-order valence-corrected chi connectivity index (χ4v) is 1.59. The van der Waals surface area contributed by atoms with Crippen LogP contribution in [0.4, 0.5) is 4.39 Å². The normalized spacial score (nSPS) is 11.6. The van der Waals surface area contributed by atoms with E-state index in [1.165, 1.54) is 13.2 Å². The van der Waals surface area contributed by atoms with Gasteiger partial charge in [0, 0.05) is 17.2 Å². The maximum absolute atomic E-state index is 13.6. The number of methoxy groups -OCH3 is 1. The topological polar surface area (TPSA) is 44.5 Å². The lowest BCUT2D eigenvalue weighted by Gasteiger charge is -2.26. The minimum absolute atomic E-state index is 0.231. The van der Waals surface area contributed by atoms with E-state index in [1.54, 1.807) is 12.1 Å². The molecule has 0 aliphatic heterocycles. The predicted molar refractivity (Wildman–Crippen MR) is 70.1 cm³/mol. The molecule has 1 aromatic rings. The van der Waals surface area contributed by atoms with Crippen molar-refractivity contribution < 1.29 is 13.9 Å². The van der Waals surface area contributed by atoms with Gasteiger partial charge in [0.2, 0.25) is 0 Å². The molecule has 0 amide bonds. The van der Waals surface area contributed by atoms with E-state index >= 15 is 0 Å². The van der Waals surface area contributed by atoms with Gasteiger partial charge in [-0.05, 0) is 18.9 Å². The molecular weight excluding hydrogens is 233 g/mol. The molecule has 0 unspecified atom stereocenters. The van der Waals surface area contributed by atoms with Crippen molar-refractivity contribution in [3.63, 3.8) is 0 Å². The number of ether oxygens (including phenoxy) is 2. The first-order valence-corrected chi connectivity index (χ1v) is 6.23. The molecule has 0 heterocycles. The Morgan fingerprint density at radius 3 is 2.44 bits per heavy atom. The summed E-state index contributed by atoms with van der Waals surface area (Å²) in [5, 5.41) is 0. The molecule has 102 valence electrons. The molecule has 3 nitrogen and oxygen atoms in total. The summed E-state index contributed by atoms with van der Waals surface area (Å²) in [5.41, 5.74) is 6.31. The molecule has 0 atom stereocenters. The second-order valence-corrected chi connectivity index (χ2v) is 4.52. The molecule has 18 heavy (non-hydrogen) atoms. The average molecular weight is 255 g/mol. The van der Waals surface area contributed by atoms with Crippen LogP contribution in [0, 0.1) is 5.82 Å². The summed E-state index contributed by atoms with van der Waals surface area (Å²) in [6.45, 7) is 4.72. The first-order valence-electron chi connectivity index (χ1n) is 6.23. The average Bonchev–Trinajstić information content (AvgIpc) is 2.40. The number of rotatable bonds is 7. The fraction of sp³-hybridized carbons (Fsp3) is 0.571. The second kappa shape index (κ2) is 6.71. The van der Waals surface area contributed by atoms with Gasteiger partial charge in [-0.1, -0.05) is 19.9 Å². The van der Waals surface area contributed by atoms with Crippen LogP contribution in [0.3, 0.4) is 0 Å². The van der Waals surface area contributed by atoms with Gasteiger partial charge in [-0.15, -0.1) is 0 Å². The Bertz CT molecular complexity index is 378. The summed E-state index contributed by atoms with van der Waals surface area (Å²) in [6.07, 6.45) is 1.68. The molecule has 1 aromatic carbocycles. The van der Waals surface area contributed by atoms with Crippen molar-refractivity contribution in [3.05, 3.63) is 29.6 Å². The summed E-state index contributed by atoms with van der Waals surface area (Å²) in [6, 6.07) is 4.75. The molecule has 0 spiro atoms. The number of halogens is 1. The molecule has 0 fully saturated rings. The van der Waals surface area contributed by atoms with Gasteiger partial charge >= 0.3 is 0 Å². The van der Waals surface area contributed by atoms with Crippen LogP contribution in [0.1, 0.15) is 32.3 Å². The minimum atomic E-state index is -0.317. The molecule has 0 saturated carbocycles. The van der Waals surface area contributed by atoms with Crippen LogP contribution in [0.25, 0.3) is 0 Å². The van der Waals surface area contributed by atoms with E-state index in [2.05, 4.69) is 0 Å². The van der Waals surface area contributed by atoms with E-state index < -0.39 is 0 Å². The highest BCUT2D eigenvalue weighted by Crippen LogP contribution is 2.18. The molecule has 4 heteroatoms. The van der Waals surface area contributed by atoms with E-state index in [1.807, 2.05) is 13.8 Å². The highest BCUT2D eigenvalue weighted by Gasteiger charge is 2.20. The zero-order chi connectivity index (χ0) is 13.6. The Labute approximate surface area is 108 Å². The van der Waals surface area contributed by atoms with E-state index in [0.29, 0.717) is 17.9 Å². The van der Waals surface area contributed by atoms with Crippen molar-refractivity contribution >= 4 is 0 Å². The van der Waals surface area contributed by atoms with E-state index in [0.717, 1.165) is 12.8 Å². The lowest BCUT2D eigenvalue weighted by molar-refractivity contribution is 0.0680. The van der Waals surface area contributed by atoms with E-state index in [4.69, 9.17) is 15.2 Å². The highest BCUT2D eigenvalue weighted by molar-refractivity contribution is 5.28. The van der Waals surface area contributed by atoms with Crippen LogP contribution in [0.5, 0.6) is 5.75 Å². The van der Waals surface area contributed by atoms with Gasteiger partial charge < -0.3 is 15.2 Å². The molecular formula is C14H22FNO2. The van der Waals surface area contributed by atoms with Gasteiger partial charge in [0.25, 0.3) is 0 Å². The van der Waals surface area contributed by atoms with Crippen molar-refractivity contribution in [1.29, 1.82) is 0 Å². The summed E-state index contributed by atoms with van der Waals surface area (Å²) < 4.78 is 24.1. The molecule has 0 bridgehead atoms. The number of hydrogen-bond acceptors (Lipinski definition) is 3. The molecule has 0 aromatic heterocycles. The number of nitrogens with two attached hydrogens (primary N) is 1. The third-order valence-corrected chi connectivity index (χ3v) is 3.32. The lowest BCUT2D eigenvalue weighted by atomic mass is 9.96. The zero-order valence-corrected chi connectivity index (χ0v) is 11.3. The molecule has 1 rings (SSSR count). The Kier molecular flexibility index (Phi) is 5.56.